The van der Waals surface area contributed by atoms with Crippen molar-refractivity contribution in [3.63, 3.8) is 0 Å². The Labute approximate surface area is 180 Å². The molecule has 5 nitrogen and oxygen atoms in total. The SMILES string of the molecule is Cc1cccc(CNC(=O)c2ccc(Nc3cc(-c4ccc(F)cc4)ncn3)cc2)c1. The molecule has 0 saturated heterocycles. The summed E-state index contributed by atoms with van der Waals surface area (Å²) in [4.78, 5) is 20.9. The van der Waals surface area contributed by atoms with Crippen LogP contribution in [0.3, 0.4) is 0 Å². The lowest BCUT2D eigenvalue weighted by molar-refractivity contribution is 0.0951. The van der Waals surface area contributed by atoms with Crippen molar-refractivity contribution in [2.45, 2.75) is 13.5 Å². The van der Waals surface area contributed by atoms with Crippen LogP contribution in [-0.2, 0) is 6.54 Å². The van der Waals surface area contributed by atoms with Crippen LogP contribution in [0.5, 0.6) is 0 Å². The van der Waals surface area contributed by atoms with Gasteiger partial charge in [0.2, 0.25) is 0 Å². The monoisotopic (exact) mass is 412 g/mol. The highest BCUT2D eigenvalue weighted by Gasteiger charge is 2.07. The number of aryl methyl sites for hydroxylation is 1. The smallest absolute Gasteiger partial charge is 0.251 e. The molecule has 0 spiro atoms. The highest BCUT2D eigenvalue weighted by molar-refractivity contribution is 5.94. The van der Waals surface area contributed by atoms with Gasteiger partial charge in [0.05, 0.1) is 5.69 Å². The number of hydrogen-bond acceptors (Lipinski definition) is 4. The number of hydrogen-bond donors (Lipinski definition) is 2. The van der Waals surface area contributed by atoms with Crippen LogP contribution in [0.15, 0.2) is 85.2 Å². The number of nitrogens with zero attached hydrogens (tertiary/aromatic N) is 2. The van der Waals surface area contributed by atoms with Gasteiger partial charge in [0.25, 0.3) is 5.91 Å². The lowest BCUT2D eigenvalue weighted by Crippen LogP contribution is -2.22. The van der Waals surface area contributed by atoms with Crippen molar-refractivity contribution in [3.8, 4) is 11.3 Å². The zero-order valence-electron chi connectivity index (χ0n) is 17.0. The van der Waals surface area contributed by atoms with Gasteiger partial charge in [-0.05, 0) is 61.0 Å². The maximum atomic E-state index is 13.1. The Bertz CT molecular complexity index is 1190. The normalized spacial score (nSPS) is 10.5. The van der Waals surface area contributed by atoms with Crippen molar-refractivity contribution in [1.82, 2.24) is 15.3 Å². The minimum Gasteiger partial charge on any atom is -0.348 e. The van der Waals surface area contributed by atoms with Crippen LogP contribution in [0, 0.1) is 12.7 Å². The van der Waals surface area contributed by atoms with Gasteiger partial charge in [0.1, 0.15) is 18.0 Å². The van der Waals surface area contributed by atoms with Gasteiger partial charge >= 0.3 is 0 Å². The second-order valence-corrected chi connectivity index (χ2v) is 7.17. The second kappa shape index (κ2) is 9.17. The van der Waals surface area contributed by atoms with Gasteiger partial charge in [-0.2, -0.15) is 0 Å². The lowest BCUT2D eigenvalue weighted by Gasteiger charge is -2.09. The van der Waals surface area contributed by atoms with E-state index in [4.69, 9.17) is 0 Å². The van der Waals surface area contributed by atoms with Gasteiger partial charge in [-0.25, -0.2) is 14.4 Å². The van der Waals surface area contributed by atoms with Gasteiger partial charge in [-0.15, -0.1) is 0 Å². The Balaban J connectivity index is 1.40. The quantitative estimate of drug-likeness (QED) is 0.453. The average molecular weight is 412 g/mol. The van der Waals surface area contributed by atoms with E-state index in [1.165, 1.54) is 18.5 Å². The van der Waals surface area contributed by atoms with Gasteiger partial charge in [-0.1, -0.05) is 29.8 Å². The average Bonchev–Trinajstić information content (AvgIpc) is 2.79. The Morgan fingerprint density at radius 1 is 0.935 bits per heavy atom. The van der Waals surface area contributed by atoms with Gasteiger partial charge in [0.15, 0.2) is 0 Å². The Morgan fingerprint density at radius 2 is 1.71 bits per heavy atom. The molecule has 1 heterocycles. The molecule has 4 aromatic rings. The van der Waals surface area contributed by atoms with E-state index < -0.39 is 0 Å². The molecule has 2 N–H and O–H groups in total. The lowest BCUT2D eigenvalue weighted by atomic mass is 10.1. The highest BCUT2D eigenvalue weighted by Crippen LogP contribution is 2.21. The van der Waals surface area contributed by atoms with E-state index in [9.17, 15) is 9.18 Å². The van der Waals surface area contributed by atoms with Crippen molar-refractivity contribution < 1.29 is 9.18 Å². The number of aromatic nitrogens is 2. The third kappa shape index (κ3) is 5.30. The first-order valence-electron chi connectivity index (χ1n) is 9.86. The molecule has 0 radical (unpaired) electrons. The molecule has 0 saturated carbocycles. The molecule has 0 bridgehead atoms. The standard InChI is InChI=1S/C25H21FN4O/c1-17-3-2-4-18(13-17)15-27-25(31)20-7-11-22(12-8-20)30-24-14-23(28-16-29-24)19-5-9-21(26)10-6-19/h2-14,16H,15H2,1H3,(H,27,31)(H,28,29,30). The van der Waals surface area contributed by atoms with Gasteiger partial charge < -0.3 is 10.6 Å². The minimum atomic E-state index is -0.292. The van der Waals surface area contributed by atoms with Crippen LogP contribution < -0.4 is 10.6 Å². The third-order valence-electron chi connectivity index (χ3n) is 4.76. The first-order valence-corrected chi connectivity index (χ1v) is 9.86. The van der Waals surface area contributed by atoms with Crippen LogP contribution in [0.2, 0.25) is 0 Å². The first-order chi connectivity index (χ1) is 15.1. The van der Waals surface area contributed by atoms with Crippen LogP contribution >= 0.6 is 0 Å². The largest absolute Gasteiger partial charge is 0.348 e. The zero-order valence-corrected chi connectivity index (χ0v) is 17.0. The van der Waals surface area contributed by atoms with Crippen molar-refractivity contribution in [3.05, 3.63) is 108 Å². The fraction of sp³-hybridized carbons (Fsp3) is 0.0800. The third-order valence-corrected chi connectivity index (χ3v) is 4.76. The first kappa shape index (κ1) is 20.2. The molecule has 154 valence electrons. The molecule has 0 aliphatic heterocycles. The summed E-state index contributed by atoms with van der Waals surface area (Å²) in [6.07, 6.45) is 1.45. The van der Waals surface area contributed by atoms with Crippen LogP contribution in [-0.4, -0.2) is 15.9 Å². The topological polar surface area (TPSA) is 66.9 Å². The fourth-order valence-corrected chi connectivity index (χ4v) is 3.16. The Kier molecular flexibility index (Phi) is 5.98. The fourth-order valence-electron chi connectivity index (χ4n) is 3.16. The zero-order chi connectivity index (χ0) is 21.6. The summed E-state index contributed by atoms with van der Waals surface area (Å²) in [6.45, 7) is 2.50. The van der Waals surface area contributed by atoms with E-state index in [1.807, 2.05) is 37.3 Å². The summed E-state index contributed by atoms with van der Waals surface area (Å²) in [5.41, 5.74) is 5.07. The Morgan fingerprint density at radius 3 is 2.45 bits per heavy atom. The van der Waals surface area contributed by atoms with Crippen LogP contribution in [0.25, 0.3) is 11.3 Å². The van der Waals surface area contributed by atoms with Crippen LogP contribution in [0.1, 0.15) is 21.5 Å². The molecule has 4 rings (SSSR count). The van der Waals surface area contributed by atoms with E-state index in [0.29, 0.717) is 23.6 Å². The number of benzene rings is 3. The number of rotatable bonds is 6. The summed E-state index contributed by atoms with van der Waals surface area (Å²) in [7, 11) is 0. The van der Waals surface area contributed by atoms with E-state index in [1.54, 1.807) is 30.3 Å². The molecule has 0 aliphatic carbocycles. The molecule has 0 aliphatic rings. The molecule has 0 unspecified atom stereocenters. The Hall–Kier alpha value is -4.06. The summed E-state index contributed by atoms with van der Waals surface area (Å²) in [5.74, 6) is 0.179. The summed E-state index contributed by atoms with van der Waals surface area (Å²) in [6, 6.07) is 23.1. The maximum Gasteiger partial charge on any atom is 0.251 e. The maximum absolute atomic E-state index is 13.1. The molecule has 0 fully saturated rings. The number of nitrogens with one attached hydrogen (secondary N) is 2. The van der Waals surface area contributed by atoms with Crippen molar-refractivity contribution in [2.75, 3.05) is 5.32 Å². The summed E-state index contributed by atoms with van der Waals surface area (Å²) < 4.78 is 13.1. The summed E-state index contributed by atoms with van der Waals surface area (Å²) >= 11 is 0. The van der Waals surface area contributed by atoms with E-state index in [-0.39, 0.29) is 11.7 Å². The molecule has 6 heteroatoms. The minimum absolute atomic E-state index is 0.131. The second-order valence-electron chi connectivity index (χ2n) is 7.17. The van der Waals surface area contributed by atoms with E-state index in [2.05, 4.69) is 26.7 Å². The highest BCUT2D eigenvalue weighted by atomic mass is 19.1. The number of carbonyl (C=O) groups is 1. The predicted octanol–water partition coefficient (Wildman–Crippen LogP) is 5.26. The molecule has 3 aromatic carbocycles. The van der Waals surface area contributed by atoms with Gasteiger partial charge in [-0.3, -0.25) is 4.79 Å². The predicted molar refractivity (Wildman–Crippen MR) is 119 cm³/mol. The molecule has 1 aromatic heterocycles. The number of amides is 1. The van der Waals surface area contributed by atoms with Crippen LogP contribution in [0.4, 0.5) is 15.9 Å². The molecular formula is C25H21FN4O. The number of carbonyl (C=O) groups excluding carboxylic acids is 1. The van der Waals surface area contributed by atoms with Crippen molar-refractivity contribution in [1.29, 1.82) is 0 Å². The molecule has 31 heavy (non-hydrogen) atoms. The molecule has 0 atom stereocenters. The van der Waals surface area contributed by atoms with E-state index >= 15 is 0 Å². The van der Waals surface area contributed by atoms with E-state index in [0.717, 1.165) is 22.4 Å². The number of halogens is 1. The number of anilines is 2. The molecule has 1 amide bonds. The van der Waals surface area contributed by atoms with Crippen molar-refractivity contribution >= 4 is 17.4 Å². The molecular weight excluding hydrogens is 391 g/mol. The summed E-state index contributed by atoms with van der Waals surface area (Å²) in [5, 5.41) is 6.13. The van der Waals surface area contributed by atoms with Crippen molar-refractivity contribution in [2.24, 2.45) is 0 Å². The van der Waals surface area contributed by atoms with Gasteiger partial charge in [0, 0.05) is 29.4 Å².